The lowest BCUT2D eigenvalue weighted by Crippen LogP contribution is -2.41. The molecule has 9 nitrogen and oxygen atoms in total. The van der Waals surface area contributed by atoms with E-state index in [2.05, 4.69) is 10.9 Å². The van der Waals surface area contributed by atoms with Gasteiger partial charge in [0.15, 0.2) is 11.5 Å². The zero-order valence-electron chi connectivity index (χ0n) is 16.5. The molecule has 30 heavy (non-hydrogen) atoms. The highest BCUT2D eigenvalue weighted by atomic mass is 32.2. The van der Waals surface area contributed by atoms with Crippen LogP contribution >= 0.6 is 0 Å². The van der Waals surface area contributed by atoms with Crippen molar-refractivity contribution in [2.45, 2.75) is 31.6 Å². The Bertz CT molecular complexity index is 1230. The number of furan rings is 2. The fourth-order valence-corrected chi connectivity index (χ4v) is 5.20. The van der Waals surface area contributed by atoms with Gasteiger partial charge in [0.05, 0.1) is 0 Å². The molecular formula is C20H21N3O6S. The van der Waals surface area contributed by atoms with E-state index in [0.717, 1.165) is 18.2 Å². The van der Waals surface area contributed by atoms with Crippen LogP contribution in [-0.4, -0.2) is 37.6 Å². The molecule has 1 saturated heterocycles. The van der Waals surface area contributed by atoms with Crippen LogP contribution in [0.5, 0.6) is 0 Å². The highest BCUT2D eigenvalue weighted by molar-refractivity contribution is 7.89. The minimum atomic E-state index is -3.72. The Balaban J connectivity index is 1.48. The molecule has 0 saturated carbocycles. The molecule has 2 N–H and O–H groups in total. The number of carbonyl (C=O) groups excluding carboxylic acids is 2. The van der Waals surface area contributed by atoms with Crippen molar-refractivity contribution in [1.82, 2.24) is 15.2 Å². The van der Waals surface area contributed by atoms with Crippen LogP contribution in [0.3, 0.4) is 0 Å². The topological polar surface area (TPSA) is 122 Å². The highest BCUT2D eigenvalue weighted by Gasteiger charge is 2.32. The average molecular weight is 431 g/mol. The molecule has 1 aliphatic heterocycles. The Kier molecular flexibility index (Phi) is 5.12. The van der Waals surface area contributed by atoms with Gasteiger partial charge >= 0.3 is 11.8 Å². The SMILES string of the molecule is Cc1oc(C(=O)NNC(=O)c2oc3ccccc3c2C)cc1S(=O)(=O)N1CCCC1. The Morgan fingerprint density at radius 2 is 1.67 bits per heavy atom. The van der Waals surface area contributed by atoms with Gasteiger partial charge in [0, 0.05) is 30.1 Å². The first-order chi connectivity index (χ1) is 14.3. The summed E-state index contributed by atoms with van der Waals surface area (Å²) in [7, 11) is -3.72. The van der Waals surface area contributed by atoms with Crippen molar-refractivity contribution in [3.8, 4) is 0 Å². The lowest BCUT2D eigenvalue weighted by molar-refractivity contribution is 0.0817. The number of benzene rings is 1. The summed E-state index contributed by atoms with van der Waals surface area (Å²) in [5.41, 5.74) is 5.70. The molecule has 2 aromatic heterocycles. The maximum atomic E-state index is 12.7. The number of rotatable bonds is 4. The lowest BCUT2D eigenvalue weighted by atomic mass is 10.1. The van der Waals surface area contributed by atoms with Crippen LogP contribution in [0, 0.1) is 13.8 Å². The molecule has 1 aliphatic rings. The first-order valence-electron chi connectivity index (χ1n) is 9.48. The molecular weight excluding hydrogens is 410 g/mol. The zero-order valence-corrected chi connectivity index (χ0v) is 17.3. The van der Waals surface area contributed by atoms with Gasteiger partial charge in [-0.15, -0.1) is 0 Å². The number of hydrazine groups is 1. The summed E-state index contributed by atoms with van der Waals surface area (Å²) in [5, 5.41) is 0.799. The smallest absolute Gasteiger partial charge is 0.305 e. The van der Waals surface area contributed by atoms with E-state index in [-0.39, 0.29) is 22.2 Å². The zero-order chi connectivity index (χ0) is 21.5. The molecule has 4 rings (SSSR count). The van der Waals surface area contributed by atoms with Crippen LogP contribution < -0.4 is 10.9 Å². The number of hydrogen-bond acceptors (Lipinski definition) is 6. The Morgan fingerprint density at radius 1 is 1.00 bits per heavy atom. The molecule has 3 aromatic rings. The van der Waals surface area contributed by atoms with Gasteiger partial charge in [0.1, 0.15) is 16.2 Å². The van der Waals surface area contributed by atoms with Gasteiger partial charge in [-0.3, -0.25) is 20.4 Å². The highest BCUT2D eigenvalue weighted by Crippen LogP contribution is 2.27. The summed E-state index contributed by atoms with van der Waals surface area (Å²) in [4.78, 5) is 24.8. The van der Waals surface area contributed by atoms with E-state index in [0.29, 0.717) is 24.2 Å². The van der Waals surface area contributed by atoms with Gasteiger partial charge in [0.25, 0.3) is 0 Å². The molecule has 0 atom stereocenters. The third-order valence-electron chi connectivity index (χ3n) is 5.12. The normalized spacial score (nSPS) is 14.9. The summed E-state index contributed by atoms with van der Waals surface area (Å²) in [5.74, 6) is -1.43. The number of fused-ring (bicyclic) bond motifs is 1. The van der Waals surface area contributed by atoms with E-state index in [1.165, 1.54) is 17.3 Å². The van der Waals surface area contributed by atoms with Crippen molar-refractivity contribution in [2.75, 3.05) is 13.1 Å². The second kappa shape index (κ2) is 7.62. The maximum Gasteiger partial charge on any atom is 0.305 e. The van der Waals surface area contributed by atoms with Gasteiger partial charge in [-0.05, 0) is 32.8 Å². The Hall–Kier alpha value is -3.11. The fraction of sp³-hybridized carbons (Fsp3) is 0.300. The predicted octanol–water partition coefficient (Wildman–Crippen LogP) is 2.50. The molecule has 3 heterocycles. The van der Waals surface area contributed by atoms with E-state index in [4.69, 9.17) is 8.83 Å². The molecule has 1 aromatic carbocycles. The van der Waals surface area contributed by atoms with Crippen LogP contribution in [0.25, 0.3) is 11.0 Å². The van der Waals surface area contributed by atoms with Crippen molar-refractivity contribution in [2.24, 2.45) is 0 Å². The number of amides is 2. The summed E-state index contributed by atoms with van der Waals surface area (Å²) in [6, 6.07) is 8.38. The number of nitrogens with one attached hydrogen (secondary N) is 2. The standard InChI is InChI=1S/C20H21N3O6S/c1-12-14-7-3-4-8-15(14)29-18(12)20(25)22-21-19(24)16-11-17(13(2)28-16)30(26,27)23-9-5-6-10-23/h3-4,7-8,11H,5-6,9-10H2,1-2H3,(H,21,24)(H,22,25). The largest absolute Gasteiger partial charge is 0.455 e. The third kappa shape index (κ3) is 3.48. The van der Waals surface area contributed by atoms with E-state index in [9.17, 15) is 18.0 Å². The number of para-hydroxylation sites is 1. The van der Waals surface area contributed by atoms with Gasteiger partial charge in [0.2, 0.25) is 10.0 Å². The van der Waals surface area contributed by atoms with Gasteiger partial charge in [-0.2, -0.15) is 4.31 Å². The molecule has 0 spiro atoms. The van der Waals surface area contributed by atoms with Gasteiger partial charge < -0.3 is 8.83 Å². The monoisotopic (exact) mass is 431 g/mol. The van der Waals surface area contributed by atoms with Crippen molar-refractivity contribution >= 4 is 32.8 Å². The number of nitrogens with zero attached hydrogens (tertiary/aromatic N) is 1. The number of carbonyl (C=O) groups is 2. The van der Waals surface area contributed by atoms with Crippen LogP contribution in [0.2, 0.25) is 0 Å². The molecule has 10 heteroatoms. The first kappa shape index (κ1) is 20.2. The molecule has 1 fully saturated rings. The number of hydrogen-bond donors (Lipinski definition) is 2. The summed E-state index contributed by atoms with van der Waals surface area (Å²) < 4.78 is 37.7. The van der Waals surface area contributed by atoms with Gasteiger partial charge in [-0.1, -0.05) is 18.2 Å². The molecule has 0 radical (unpaired) electrons. The summed E-state index contributed by atoms with van der Waals surface area (Å²) in [6.45, 7) is 4.12. The molecule has 0 unspecified atom stereocenters. The van der Waals surface area contributed by atoms with Gasteiger partial charge in [-0.25, -0.2) is 8.42 Å². The Morgan fingerprint density at radius 3 is 2.37 bits per heavy atom. The summed E-state index contributed by atoms with van der Waals surface area (Å²) in [6.07, 6.45) is 1.60. The van der Waals surface area contributed by atoms with Crippen molar-refractivity contribution < 1.29 is 26.8 Å². The molecule has 0 bridgehead atoms. The minimum absolute atomic E-state index is 0.0472. The second-order valence-electron chi connectivity index (χ2n) is 7.10. The molecule has 0 aliphatic carbocycles. The van der Waals surface area contributed by atoms with Crippen molar-refractivity contribution in [3.05, 3.63) is 53.2 Å². The second-order valence-corrected chi connectivity index (χ2v) is 9.01. The average Bonchev–Trinajstić information content (AvgIpc) is 3.46. The predicted molar refractivity (Wildman–Crippen MR) is 107 cm³/mol. The fourth-order valence-electron chi connectivity index (χ4n) is 3.52. The lowest BCUT2D eigenvalue weighted by Gasteiger charge is -2.14. The van der Waals surface area contributed by atoms with Crippen LogP contribution in [-0.2, 0) is 10.0 Å². The summed E-state index contributed by atoms with van der Waals surface area (Å²) >= 11 is 0. The van der Waals surface area contributed by atoms with E-state index in [1.807, 2.05) is 12.1 Å². The van der Waals surface area contributed by atoms with Crippen LogP contribution in [0.15, 0.2) is 44.1 Å². The third-order valence-corrected chi connectivity index (χ3v) is 7.12. The van der Waals surface area contributed by atoms with E-state index in [1.54, 1.807) is 19.1 Å². The first-order valence-corrected chi connectivity index (χ1v) is 10.9. The van der Waals surface area contributed by atoms with Crippen molar-refractivity contribution in [3.63, 3.8) is 0 Å². The number of sulfonamides is 1. The van der Waals surface area contributed by atoms with E-state index >= 15 is 0 Å². The minimum Gasteiger partial charge on any atom is -0.455 e. The van der Waals surface area contributed by atoms with Crippen LogP contribution in [0.4, 0.5) is 0 Å². The molecule has 158 valence electrons. The number of aryl methyl sites for hydroxylation is 2. The Labute approximate surface area is 173 Å². The molecule has 2 amide bonds. The van der Waals surface area contributed by atoms with E-state index < -0.39 is 21.8 Å². The quantitative estimate of drug-likeness (QED) is 0.612. The van der Waals surface area contributed by atoms with Crippen molar-refractivity contribution in [1.29, 1.82) is 0 Å². The van der Waals surface area contributed by atoms with Crippen LogP contribution in [0.1, 0.15) is 45.3 Å². The maximum absolute atomic E-state index is 12.7.